The van der Waals surface area contributed by atoms with E-state index in [0.29, 0.717) is 6.54 Å². The van der Waals surface area contributed by atoms with Crippen molar-refractivity contribution in [3.63, 3.8) is 0 Å². The van der Waals surface area contributed by atoms with Crippen LogP contribution in [0.3, 0.4) is 0 Å². The maximum Gasteiger partial charge on any atom is 0.230 e. The van der Waals surface area contributed by atoms with Crippen LogP contribution in [-0.4, -0.2) is 34.7 Å². The number of likely N-dealkylation sites (tertiary alicyclic amines) is 1. The highest BCUT2D eigenvalue weighted by atomic mass is 32.1. The van der Waals surface area contributed by atoms with Gasteiger partial charge in [0, 0.05) is 18.3 Å². The fourth-order valence-electron chi connectivity index (χ4n) is 1.45. The van der Waals surface area contributed by atoms with Crippen LogP contribution in [0.5, 0.6) is 0 Å². The lowest BCUT2D eigenvalue weighted by Crippen LogP contribution is -2.27. The maximum absolute atomic E-state index is 11.2. The van der Waals surface area contributed by atoms with Crippen molar-refractivity contribution in [3.8, 4) is 0 Å². The van der Waals surface area contributed by atoms with Crippen molar-refractivity contribution in [2.45, 2.75) is 12.8 Å². The first-order valence-corrected chi connectivity index (χ1v) is 5.36. The molecule has 0 unspecified atom stereocenters. The normalized spacial score (nSPS) is 16.7. The van der Waals surface area contributed by atoms with Crippen molar-refractivity contribution >= 4 is 23.0 Å². The first-order valence-electron chi connectivity index (χ1n) is 4.42. The SMILES string of the molecule is O=C1CC(=O)N(CCc2cscn2)C1. The Morgan fingerprint density at radius 1 is 1.50 bits per heavy atom. The van der Waals surface area contributed by atoms with Crippen molar-refractivity contribution < 1.29 is 9.59 Å². The average Bonchev–Trinajstić information content (AvgIpc) is 2.72. The van der Waals surface area contributed by atoms with Crippen LogP contribution in [0.4, 0.5) is 0 Å². The van der Waals surface area contributed by atoms with Crippen LogP contribution in [0.1, 0.15) is 12.1 Å². The van der Waals surface area contributed by atoms with Crippen LogP contribution < -0.4 is 0 Å². The molecule has 2 rings (SSSR count). The van der Waals surface area contributed by atoms with Crippen LogP contribution in [0.15, 0.2) is 10.9 Å². The Balaban J connectivity index is 1.87. The summed E-state index contributed by atoms with van der Waals surface area (Å²) in [5.41, 5.74) is 2.76. The first kappa shape index (κ1) is 9.33. The number of hydrogen-bond donors (Lipinski definition) is 0. The van der Waals surface area contributed by atoms with Gasteiger partial charge in [0.25, 0.3) is 0 Å². The van der Waals surface area contributed by atoms with Crippen molar-refractivity contribution in [3.05, 3.63) is 16.6 Å². The number of nitrogens with zero attached hydrogens (tertiary/aromatic N) is 2. The Bertz CT molecular complexity index is 348. The zero-order valence-electron chi connectivity index (χ0n) is 7.60. The third kappa shape index (κ3) is 1.98. The van der Waals surface area contributed by atoms with E-state index in [2.05, 4.69) is 4.98 Å². The number of thiazole rings is 1. The molecule has 4 nitrogen and oxygen atoms in total. The van der Waals surface area contributed by atoms with Gasteiger partial charge in [0.2, 0.25) is 5.91 Å². The van der Waals surface area contributed by atoms with Crippen LogP contribution in [0, 0.1) is 0 Å². The summed E-state index contributed by atoms with van der Waals surface area (Å²) in [6.07, 6.45) is 0.819. The fourth-order valence-corrected chi connectivity index (χ4v) is 2.04. The van der Waals surface area contributed by atoms with Gasteiger partial charge in [-0.1, -0.05) is 0 Å². The van der Waals surface area contributed by atoms with E-state index in [9.17, 15) is 9.59 Å². The third-order valence-electron chi connectivity index (χ3n) is 2.19. The molecule has 0 atom stereocenters. The van der Waals surface area contributed by atoms with Gasteiger partial charge in [0.15, 0.2) is 5.78 Å². The quantitative estimate of drug-likeness (QED) is 0.682. The second-order valence-electron chi connectivity index (χ2n) is 3.26. The molecule has 1 aliphatic heterocycles. The van der Waals surface area contributed by atoms with E-state index < -0.39 is 0 Å². The summed E-state index contributed by atoms with van der Waals surface area (Å²) in [5, 5.41) is 1.96. The van der Waals surface area contributed by atoms with E-state index in [1.807, 2.05) is 5.38 Å². The lowest BCUT2D eigenvalue weighted by Gasteiger charge is -2.12. The molecule has 1 aromatic rings. The van der Waals surface area contributed by atoms with E-state index in [1.54, 1.807) is 21.7 Å². The van der Waals surface area contributed by atoms with Gasteiger partial charge >= 0.3 is 0 Å². The zero-order valence-corrected chi connectivity index (χ0v) is 8.42. The van der Waals surface area contributed by atoms with Gasteiger partial charge in [-0.2, -0.15) is 0 Å². The molecule has 0 aliphatic carbocycles. The monoisotopic (exact) mass is 210 g/mol. The lowest BCUT2D eigenvalue weighted by molar-refractivity contribution is -0.127. The number of rotatable bonds is 3. The highest BCUT2D eigenvalue weighted by Crippen LogP contribution is 2.08. The van der Waals surface area contributed by atoms with Crippen LogP contribution in [0.25, 0.3) is 0 Å². The summed E-state index contributed by atoms with van der Waals surface area (Å²) < 4.78 is 0. The number of hydrogen-bond acceptors (Lipinski definition) is 4. The molecule has 0 bridgehead atoms. The number of amides is 1. The predicted molar refractivity (Wildman–Crippen MR) is 52.0 cm³/mol. The fraction of sp³-hybridized carbons (Fsp3) is 0.444. The third-order valence-corrected chi connectivity index (χ3v) is 2.82. The lowest BCUT2D eigenvalue weighted by atomic mass is 10.3. The largest absolute Gasteiger partial charge is 0.335 e. The van der Waals surface area contributed by atoms with Gasteiger partial charge in [-0.3, -0.25) is 9.59 Å². The molecule has 5 heteroatoms. The molecule has 1 fully saturated rings. The Morgan fingerprint density at radius 2 is 2.36 bits per heavy atom. The van der Waals surface area contributed by atoms with Crippen molar-refractivity contribution in [2.75, 3.05) is 13.1 Å². The molecule has 74 valence electrons. The van der Waals surface area contributed by atoms with Crippen molar-refractivity contribution in [2.24, 2.45) is 0 Å². The van der Waals surface area contributed by atoms with Crippen LogP contribution >= 0.6 is 11.3 Å². The summed E-state index contributed by atoms with van der Waals surface area (Å²) in [4.78, 5) is 27.9. The number of ketones is 1. The van der Waals surface area contributed by atoms with Gasteiger partial charge in [-0.05, 0) is 0 Å². The predicted octanol–water partition coefficient (Wildman–Crippen LogP) is 0.487. The van der Waals surface area contributed by atoms with E-state index in [-0.39, 0.29) is 24.7 Å². The Kier molecular flexibility index (Phi) is 2.58. The summed E-state index contributed by atoms with van der Waals surface area (Å²) in [6, 6.07) is 0. The molecule has 1 aliphatic rings. The molecular weight excluding hydrogens is 200 g/mol. The maximum atomic E-state index is 11.2. The standard InChI is InChI=1S/C9H10N2O2S/c12-8-3-9(13)11(4-8)2-1-7-5-14-6-10-7/h5-6H,1-4H2. The number of aromatic nitrogens is 1. The van der Waals surface area contributed by atoms with Gasteiger partial charge in [-0.15, -0.1) is 11.3 Å². The average molecular weight is 210 g/mol. The topological polar surface area (TPSA) is 50.3 Å². The highest BCUT2D eigenvalue weighted by molar-refractivity contribution is 7.07. The number of carbonyl (C=O) groups is 2. The second kappa shape index (κ2) is 3.88. The smallest absolute Gasteiger partial charge is 0.230 e. The molecule has 1 aromatic heterocycles. The molecular formula is C9H10N2O2S. The minimum atomic E-state index is -0.0507. The molecule has 0 radical (unpaired) electrons. The van der Waals surface area contributed by atoms with E-state index in [4.69, 9.17) is 0 Å². The first-order chi connectivity index (χ1) is 6.75. The summed E-state index contributed by atoms with van der Waals surface area (Å²) >= 11 is 1.54. The molecule has 1 saturated heterocycles. The van der Waals surface area contributed by atoms with Gasteiger partial charge in [0.05, 0.1) is 24.2 Å². The minimum absolute atomic E-state index is 0.0216. The summed E-state index contributed by atoms with van der Waals surface area (Å²) in [5.74, 6) is -0.0292. The van der Waals surface area contributed by atoms with Gasteiger partial charge in [0.1, 0.15) is 0 Å². The van der Waals surface area contributed by atoms with Gasteiger partial charge in [-0.25, -0.2) is 4.98 Å². The highest BCUT2D eigenvalue weighted by Gasteiger charge is 2.26. The second-order valence-corrected chi connectivity index (χ2v) is 3.98. The molecule has 0 spiro atoms. The molecule has 14 heavy (non-hydrogen) atoms. The molecule has 0 saturated carbocycles. The van der Waals surface area contributed by atoms with E-state index in [1.165, 1.54) is 0 Å². The summed E-state index contributed by atoms with van der Waals surface area (Å²) in [6.45, 7) is 0.886. The minimum Gasteiger partial charge on any atom is -0.335 e. The number of carbonyl (C=O) groups excluding carboxylic acids is 2. The Labute approximate surface area is 85.6 Å². The van der Waals surface area contributed by atoms with Crippen LogP contribution in [-0.2, 0) is 16.0 Å². The Hall–Kier alpha value is -1.23. The summed E-state index contributed by atoms with van der Waals surface area (Å²) in [7, 11) is 0. The van der Waals surface area contributed by atoms with Gasteiger partial charge < -0.3 is 4.90 Å². The number of Topliss-reactive ketones (excluding diaryl/α,β-unsaturated/α-hetero) is 1. The van der Waals surface area contributed by atoms with E-state index in [0.717, 1.165) is 12.1 Å². The molecule has 0 aromatic carbocycles. The van der Waals surface area contributed by atoms with Crippen molar-refractivity contribution in [1.29, 1.82) is 0 Å². The van der Waals surface area contributed by atoms with Crippen molar-refractivity contribution in [1.82, 2.24) is 9.88 Å². The Morgan fingerprint density at radius 3 is 2.93 bits per heavy atom. The molecule has 1 amide bonds. The molecule has 0 N–H and O–H groups in total. The van der Waals surface area contributed by atoms with E-state index >= 15 is 0 Å². The zero-order chi connectivity index (χ0) is 9.97. The molecule has 2 heterocycles. The van der Waals surface area contributed by atoms with Crippen LogP contribution in [0.2, 0.25) is 0 Å².